The maximum absolute atomic E-state index is 7.55. The summed E-state index contributed by atoms with van der Waals surface area (Å²) in [5.74, 6) is 0. The third kappa shape index (κ3) is 13.9. The summed E-state index contributed by atoms with van der Waals surface area (Å²) in [5.41, 5.74) is 30.1. The average molecular weight is 1340 g/mol. The summed E-state index contributed by atoms with van der Waals surface area (Å²) < 4.78 is 38.6. The van der Waals surface area contributed by atoms with Gasteiger partial charge in [-0.15, -0.1) is 0 Å². The van der Waals surface area contributed by atoms with Gasteiger partial charge in [0.25, 0.3) is 17.1 Å². The number of para-hydroxylation sites is 1. The van der Waals surface area contributed by atoms with E-state index >= 15 is 0 Å². The van der Waals surface area contributed by atoms with Gasteiger partial charge in [0, 0.05) is 132 Å². The zero-order valence-electron chi connectivity index (χ0n) is 61.5. The first kappa shape index (κ1) is 69.2. The molecule has 504 valence electrons. The Morgan fingerprint density at radius 2 is 0.851 bits per heavy atom. The largest absolute Gasteiger partial charge is 0.412 e. The van der Waals surface area contributed by atoms with Crippen molar-refractivity contribution in [2.75, 3.05) is 0 Å². The van der Waals surface area contributed by atoms with Crippen molar-refractivity contribution in [1.29, 1.82) is 0 Å². The van der Waals surface area contributed by atoms with Gasteiger partial charge in [-0.2, -0.15) is 36.5 Å². The van der Waals surface area contributed by atoms with Crippen LogP contribution in [0.3, 0.4) is 0 Å². The van der Waals surface area contributed by atoms with Crippen LogP contribution in [-0.4, -0.2) is 0 Å². The number of hydrogen-bond donors (Lipinski definition) is 0. The first-order chi connectivity index (χ1) is 48.4. The number of pyridine rings is 4. The zero-order chi connectivity index (χ0) is 71.7. The molecular weight excluding hydrogens is 1250 g/mol. The predicted octanol–water partition coefficient (Wildman–Crippen LogP) is 16.9. The summed E-state index contributed by atoms with van der Waals surface area (Å²) in [6.45, 7) is 38.0. The predicted molar refractivity (Wildman–Crippen MR) is 397 cm³/mol. The van der Waals surface area contributed by atoms with Crippen LogP contribution in [0.4, 0.5) is 5.69 Å². The van der Waals surface area contributed by atoms with Crippen molar-refractivity contribution in [3.8, 4) is 67.8 Å². The second kappa shape index (κ2) is 28.6. The quantitative estimate of drug-likeness (QED) is 0.112. The summed E-state index contributed by atoms with van der Waals surface area (Å²) in [5, 5.41) is 6.19. The van der Waals surface area contributed by atoms with E-state index < -0.39 is 0 Å². The van der Waals surface area contributed by atoms with E-state index in [0.717, 1.165) is 50.8 Å². The molecule has 15 aromatic rings. The number of nitrogens with zero attached hydrogens (tertiary/aromatic N) is 9. The zero-order valence-corrected chi connectivity index (χ0v) is 61.5. The first-order valence-electron chi connectivity index (χ1n) is 34.2. The van der Waals surface area contributed by atoms with Crippen LogP contribution in [0.1, 0.15) is 88.1 Å². The highest BCUT2D eigenvalue weighted by Gasteiger charge is 2.31. The molecule has 0 fully saturated rings. The average Bonchev–Trinajstić information content (AvgIpc) is 1.19. The summed E-state index contributed by atoms with van der Waals surface area (Å²) >= 11 is 0. The van der Waals surface area contributed by atoms with Gasteiger partial charge in [-0.1, -0.05) is 75.4 Å². The van der Waals surface area contributed by atoms with Gasteiger partial charge in [0.1, 0.15) is 28.2 Å². The molecule has 0 saturated heterocycles. The summed E-state index contributed by atoms with van der Waals surface area (Å²) in [4.78, 5) is 3.70. The number of oxazole rings is 4. The molecule has 0 spiro atoms. The molecule has 0 unspecified atom stereocenters. The molecule has 0 amide bonds. The van der Waals surface area contributed by atoms with Crippen LogP contribution in [0.2, 0.25) is 0 Å². The minimum atomic E-state index is 0.0722. The van der Waals surface area contributed by atoms with Gasteiger partial charge in [0.2, 0.25) is 34.0 Å². The molecule has 0 saturated carbocycles. The molecule has 0 aliphatic carbocycles. The third-order valence-electron chi connectivity index (χ3n) is 19.5. The van der Waals surface area contributed by atoms with Crippen LogP contribution in [-0.2, 0) is 33.6 Å². The number of benzene rings is 7. The lowest BCUT2D eigenvalue weighted by molar-refractivity contribution is -0.664. The Kier molecular flexibility index (Phi) is 19.6. The van der Waals surface area contributed by atoms with Crippen LogP contribution in [0.15, 0.2) is 245 Å². The maximum Gasteiger partial charge on any atom is 0.334 e. The summed E-state index contributed by atoms with van der Waals surface area (Å²) in [7, 11) is 7.99. The molecule has 0 radical (unpaired) electrons. The van der Waals surface area contributed by atoms with E-state index in [2.05, 4.69) is 272 Å². The number of hydrogen-bond acceptors (Lipinski definition) is 4. The molecule has 13 nitrogen and oxygen atoms in total. The van der Waals surface area contributed by atoms with E-state index in [4.69, 9.17) is 24.2 Å². The Hall–Kier alpha value is -11.8. The summed E-state index contributed by atoms with van der Waals surface area (Å²) in [6, 6.07) is 55.6. The SMILES string of the molecule is Cc1c(-c2coc[n+]2C)cc(C(C)(C)C)cc1-[n+]1ccccc1C.Cc1cc(-c2coc[n+]2C)c(C)c(-[n+]2cc3ccccc3cc2C)c1.Cc1cc(C)c(-[n+]2cc3ccccc3cc2C)c(C)c1-c1coc[n+]1C.[C-]#[N+]c1cc(-c2coc[n+]2C)c(C)c(-[n+]2c(C)ccc3ccccc32)c1. The minimum absolute atomic E-state index is 0.0722. The van der Waals surface area contributed by atoms with Gasteiger partial charge in [-0.05, 0) is 130 Å². The fourth-order valence-electron chi connectivity index (χ4n) is 14.0. The van der Waals surface area contributed by atoms with E-state index in [9.17, 15) is 0 Å². The Morgan fingerprint density at radius 3 is 1.39 bits per heavy atom. The van der Waals surface area contributed by atoms with Gasteiger partial charge in [0.05, 0.1) is 23.3 Å². The maximum atomic E-state index is 7.55. The highest BCUT2D eigenvalue weighted by Crippen LogP contribution is 2.35. The normalized spacial score (nSPS) is 11.3. The van der Waals surface area contributed by atoms with Crippen molar-refractivity contribution in [2.45, 2.75) is 102 Å². The lowest BCUT2D eigenvalue weighted by atomic mass is 9.84. The van der Waals surface area contributed by atoms with Crippen molar-refractivity contribution in [3.63, 3.8) is 0 Å². The van der Waals surface area contributed by atoms with E-state index in [0.29, 0.717) is 5.69 Å². The molecule has 15 rings (SSSR count). The van der Waals surface area contributed by atoms with Crippen molar-refractivity contribution >= 4 is 38.1 Å². The van der Waals surface area contributed by atoms with Crippen LogP contribution in [0.25, 0.3) is 105 Å². The van der Waals surface area contributed by atoms with Crippen molar-refractivity contribution < 1.29 is 54.2 Å². The molecule has 101 heavy (non-hydrogen) atoms. The number of rotatable bonds is 8. The topological polar surface area (TPSA) is 88.0 Å². The lowest BCUT2D eigenvalue weighted by Gasteiger charge is -2.20. The molecule has 8 heterocycles. The van der Waals surface area contributed by atoms with E-state index in [1.807, 2.05) is 89.5 Å². The standard InChI is InChI=1S/C23H24N2O.C22H19N3O.C22H22N2O.C21H26N2O/c1-15-10-16(2)23(18(4)22(15)21-13-26-14-24(21)5)25-12-20-9-7-6-8-19(20)11-17(25)3;1-15-9-10-17-7-5-6-8-20(17)25(15)21-12-18(23-3)11-19(16(21)2)22-13-26-14-24(22)4;1-15-9-20(22-13-25-14-23(22)4)17(3)21(10-15)24-12-19-8-6-5-7-18(19)11-16(24)2;1-15-9-7-8-10-23(15)19-12-17(21(3,4)5)11-18(16(19)2)20-13-24-14-22(20)6/h6-14H,1-5H3;5-14H,1-2,4H3;5-14H,1-4H3;7-14H,1-6H3/q4*+2. The number of aromatic nitrogens is 8. The van der Waals surface area contributed by atoms with E-state index in [-0.39, 0.29) is 5.41 Å². The second-order valence-corrected chi connectivity index (χ2v) is 27.8. The molecular formula is C88H91N9O4+8. The molecule has 13 heteroatoms. The number of fused-ring (bicyclic) bond motifs is 3. The van der Waals surface area contributed by atoms with Gasteiger partial charge < -0.3 is 17.7 Å². The van der Waals surface area contributed by atoms with E-state index in [1.165, 1.54) is 117 Å². The first-order valence-corrected chi connectivity index (χ1v) is 34.2. The van der Waals surface area contributed by atoms with Crippen LogP contribution in [0, 0.1) is 82.7 Å². The highest BCUT2D eigenvalue weighted by atomic mass is 16.3. The van der Waals surface area contributed by atoms with Gasteiger partial charge >= 0.3 is 25.6 Å². The fourth-order valence-corrected chi connectivity index (χ4v) is 14.0. The Bertz CT molecular complexity index is 5690. The lowest BCUT2D eigenvalue weighted by Crippen LogP contribution is -2.36. The van der Waals surface area contributed by atoms with Crippen LogP contribution in [0.5, 0.6) is 0 Å². The molecule has 0 atom stereocenters. The van der Waals surface area contributed by atoms with Gasteiger partial charge in [-0.25, -0.2) is 4.85 Å². The Labute approximate surface area is 593 Å². The molecule has 7 aromatic carbocycles. The summed E-state index contributed by atoms with van der Waals surface area (Å²) in [6.07, 6.45) is 20.6. The molecule has 0 aliphatic rings. The van der Waals surface area contributed by atoms with Gasteiger partial charge in [-0.3, -0.25) is 0 Å². The Balaban J connectivity index is 0.000000127. The highest BCUT2D eigenvalue weighted by molar-refractivity contribution is 5.83. The molecule has 0 N–H and O–H groups in total. The smallest absolute Gasteiger partial charge is 0.334 e. The monoisotopic (exact) mass is 1340 g/mol. The van der Waals surface area contributed by atoms with Crippen LogP contribution < -0.4 is 36.5 Å². The minimum Gasteiger partial charge on any atom is -0.412 e. The second-order valence-electron chi connectivity index (χ2n) is 27.8. The molecule has 0 aliphatic heterocycles. The Morgan fingerprint density at radius 1 is 0.376 bits per heavy atom. The van der Waals surface area contributed by atoms with Crippen molar-refractivity contribution in [3.05, 3.63) is 306 Å². The fraction of sp³-hybridized carbons (Fsp3) is 0.216. The third-order valence-corrected chi connectivity index (χ3v) is 19.5. The van der Waals surface area contributed by atoms with E-state index in [1.54, 1.807) is 31.8 Å². The van der Waals surface area contributed by atoms with Crippen molar-refractivity contribution in [2.24, 2.45) is 28.2 Å². The molecule has 8 aromatic heterocycles. The van der Waals surface area contributed by atoms with Crippen LogP contribution >= 0.6 is 0 Å². The molecule has 0 bridgehead atoms. The van der Waals surface area contributed by atoms with Crippen molar-refractivity contribution in [1.82, 2.24) is 0 Å². The van der Waals surface area contributed by atoms with Gasteiger partial charge in [0.15, 0.2) is 72.1 Å². The number of aryl methyl sites for hydroxylation is 11.